The van der Waals surface area contributed by atoms with E-state index in [1.807, 2.05) is 0 Å². The van der Waals surface area contributed by atoms with Crippen molar-refractivity contribution in [2.24, 2.45) is 0 Å². The highest BCUT2D eigenvalue weighted by Gasteiger charge is 2.23. The summed E-state index contributed by atoms with van der Waals surface area (Å²) in [6.07, 6.45) is 0. The summed E-state index contributed by atoms with van der Waals surface area (Å²) in [4.78, 5) is 14.1. The third-order valence-corrected chi connectivity index (χ3v) is 4.17. The number of nitrogens with zero attached hydrogens (tertiary/aromatic N) is 3. The van der Waals surface area contributed by atoms with Crippen LogP contribution in [0.5, 0.6) is 0 Å². The van der Waals surface area contributed by atoms with E-state index in [-0.39, 0.29) is 24.0 Å². The van der Waals surface area contributed by atoms with Crippen molar-refractivity contribution in [3.8, 4) is 11.5 Å². The second kappa shape index (κ2) is 7.84. The highest BCUT2D eigenvalue weighted by Crippen LogP contribution is 2.22. The Hall–Kier alpha value is -2.80. The molecule has 0 aliphatic carbocycles. The van der Waals surface area contributed by atoms with Crippen molar-refractivity contribution in [1.82, 2.24) is 15.1 Å². The van der Waals surface area contributed by atoms with Crippen LogP contribution in [-0.2, 0) is 6.54 Å². The van der Waals surface area contributed by atoms with Gasteiger partial charge in [-0.25, -0.2) is 8.78 Å². The second-order valence-electron chi connectivity index (χ2n) is 6.16. The Morgan fingerprint density at radius 1 is 1.11 bits per heavy atom. The molecule has 0 spiro atoms. The third kappa shape index (κ3) is 4.31. The van der Waals surface area contributed by atoms with Crippen molar-refractivity contribution in [3.05, 3.63) is 70.6 Å². The average Bonchev–Trinajstić information content (AvgIpc) is 3.10. The van der Waals surface area contributed by atoms with Crippen LogP contribution in [0, 0.1) is 11.6 Å². The third-order valence-electron chi connectivity index (χ3n) is 3.91. The molecular weight excluding hydrogens is 376 g/mol. The molecule has 3 rings (SSSR count). The first kappa shape index (κ1) is 19.0. The molecule has 0 aliphatic heterocycles. The predicted molar refractivity (Wildman–Crippen MR) is 96.1 cm³/mol. The van der Waals surface area contributed by atoms with Crippen LogP contribution in [0.4, 0.5) is 8.78 Å². The van der Waals surface area contributed by atoms with Gasteiger partial charge in [0.15, 0.2) is 11.6 Å². The van der Waals surface area contributed by atoms with Crippen molar-refractivity contribution in [2.75, 3.05) is 0 Å². The minimum absolute atomic E-state index is 0.0378. The van der Waals surface area contributed by atoms with Gasteiger partial charge in [-0.2, -0.15) is 0 Å². The molecule has 0 radical (unpaired) electrons. The molecule has 2 aromatic carbocycles. The summed E-state index contributed by atoms with van der Waals surface area (Å²) < 4.78 is 32.2. The van der Waals surface area contributed by atoms with Gasteiger partial charge >= 0.3 is 0 Å². The van der Waals surface area contributed by atoms with Crippen LogP contribution < -0.4 is 0 Å². The molecule has 0 saturated heterocycles. The van der Waals surface area contributed by atoms with Crippen LogP contribution in [0.15, 0.2) is 46.9 Å². The fraction of sp³-hybridized carbons (Fsp3) is 0.211. The molecule has 0 atom stereocenters. The zero-order valence-corrected chi connectivity index (χ0v) is 15.4. The van der Waals surface area contributed by atoms with E-state index in [4.69, 9.17) is 16.0 Å². The van der Waals surface area contributed by atoms with Gasteiger partial charge in [0, 0.05) is 22.2 Å². The normalized spacial score (nSPS) is 11.0. The molecule has 1 heterocycles. The highest BCUT2D eigenvalue weighted by atomic mass is 35.5. The zero-order chi connectivity index (χ0) is 19.6. The SMILES string of the molecule is CC(C)N(Cc1nnc(-c2ccc(Cl)cc2)o1)C(=O)c1ccc(F)c(F)c1. The lowest BCUT2D eigenvalue weighted by Gasteiger charge is -2.25. The molecule has 1 amide bonds. The average molecular weight is 392 g/mol. The van der Waals surface area contributed by atoms with E-state index in [1.54, 1.807) is 38.1 Å². The number of aromatic nitrogens is 2. The Morgan fingerprint density at radius 2 is 1.81 bits per heavy atom. The fourth-order valence-electron chi connectivity index (χ4n) is 2.46. The number of hydrogen-bond donors (Lipinski definition) is 0. The topological polar surface area (TPSA) is 59.2 Å². The first-order valence-corrected chi connectivity index (χ1v) is 8.57. The van der Waals surface area contributed by atoms with E-state index in [0.29, 0.717) is 16.5 Å². The maximum absolute atomic E-state index is 13.5. The van der Waals surface area contributed by atoms with E-state index in [2.05, 4.69) is 10.2 Å². The summed E-state index contributed by atoms with van der Waals surface area (Å²) in [7, 11) is 0. The Kier molecular flexibility index (Phi) is 5.51. The first-order valence-electron chi connectivity index (χ1n) is 8.19. The van der Waals surface area contributed by atoms with Crippen LogP contribution in [0.3, 0.4) is 0 Å². The predicted octanol–water partition coefficient (Wildman–Crippen LogP) is 4.72. The van der Waals surface area contributed by atoms with Crippen LogP contribution >= 0.6 is 11.6 Å². The van der Waals surface area contributed by atoms with E-state index in [1.165, 1.54) is 11.0 Å². The number of carbonyl (C=O) groups is 1. The van der Waals surface area contributed by atoms with Gasteiger partial charge in [-0.05, 0) is 56.3 Å². The van der Waals surface area contributed by atoms with Crippen LogP contribution in [0.2, 0.25) is 5.02 Å². The minimum Gasteiger partial charge on any atom is -0.419 e. The molecule has 0 saturated carbocycles. The van der Waals surface area contributed by atoms with Gasteiger partial charge in [0.2, 0.25) is 11.8 Å². The summed E-state index contributed by atoms with van der Waals surface area (Å²) in [6, 6.07) is 9.70. The van der Waals surface area contributed by atoms with Crippen molar-refractivity contribution in [3.63, 3.8) is 0 Å². The van der Waals surface area contributed by atoms with Crippen molar-refractivity contribution >= 4 is 17.5 Å². The van der Waals surface area contributed by atoms with Gasteiger partial charge in [-0.1, -0.05) is 11.6 Å². The van der Waals surface area contributed by atoms with Crippen molar-refractivity contribution in [1.29, 1.82) is 0 Å². The second-order valence-corrected chi connectivity index (χ2v) is 6.60. The lowest BCUT2D eigenvalue weighted by molar-refractivity contribution is 0.0672. The van der Waals surface area contributed by atoms with Gasteiger partial charge in [0.05, 0.1) is 6.54 Å². The maximum atomic E-state index is 13.5. The first-order chi connectivity index (χ1) is 12.8. The lowest BCUT2D eigenvalue weighted by Crippen LogP contribution is -2.36. The molecule has 27 heavy (non-hydrogen) atoms. The molecule has 3 aromatic rings. The molecule has 0 aliphatic rings. The molecule has 0 fully saturated rings. The zero-order valence-electron chi connectivity index (χ0n) is 14.6. The summed E-state index contributed by atoms with van der Waals surface area (Å²) in [5.74, 6) is -2.02. The Bertz CT molecular complexity index is 958. The highest BCUT2D eigenvalue weighted by molar-refractivity contribution is 6.30. The van der Waals surface area contributed by atoms with Crippen LogP contribution in [0.1, 0.15) is 30.1 Å². The van der Waals surface area contributed by atoms with Gasteiger partial charge in [0.25, 0.3) is 5.91 Å². The van der Waals surface area contributed by atoms with Gasteiger partial charge in [-0.3, -0.25) is 4.79 Å². The smallest absolute Gasteiger partial charge is 0.254 e. The van der Waals surface area contributed by atoms with Crippen molar-refractivity contribution < 1.29 is 18.0 Å². The van der Waals surface area contributed by atoms with Gasteiger partial charge < -0.3 is 9.32 Å². The Morgan fingerprint density at radius 3 is 2.44 bits per heavy atom. The van der Waals surface area contributed by atoms with E-state index in [0.717, 1.165) is 12.1 Å². The van der Waals surface area contributed by atoms with Crippen LogP contribution in [0.25, 0.3) is 11.5 Å². The molecular formula is C19H16ClF2N3O2. The number of rotatable bonds is 5. The molecule has 0 N–H and O–H groups in total. The van der Waals surface area contributed by atoms with E-state index >= 15 is 0 Å². The van der Waals surface area contributed by atoms with Crippen LogP contribution in [-0.4, -0.2) is 27.0 Å². The van der Waals surface area contributed by atoms with Crippen molar-refractivity contribution in [2.45, 2.75) is 26.4 Å². The summed E-state index contributed by atoms with van der Waals surface area (Å²) >= 11 is 5.86. The Labute approximate surface area is 159 Å². The monoisotopic (exact) mass is 391 g/mol. The number of hydrogen-bond acceptors (Lipinski definition) is 4. The number of carbonyl (C=O) groups excluding carboxylic acids is 1. The molecule has 0 bridgehead atoms. The Balaban J connectivity index is 1.81. The number of benzene rings is 2. The van der Waals surface area contributed by atoms with E-state index < -0.39 is 17.5 Å². The summed E-state index contributed by atoms with van der Waals surface area (Å²) in [6.45, 7) is 3.64. The standard InChI is InChI=1S/C19H16ClF2N3O2/c1-11(2)25(19(26)13-5-8-15(21)16(22)9-13)10-17-23-24-18(27-17)12-3-6-14(20)7-4-12/h3-9,11H,10H2,1-2H3. The van der Waals surface area contributed by atoms with Gasteiger partial charge in [-0.15, -0.1) is 10.2 Å². The fourth-order valence-corrected chi connectivity index (χ4v) is 2.58. The minimum atomic E-state index is -1.08. The molecule has 1 aromatic heterocycles. The molecule has 140 valence electrons. The van der Waals surface area contributed by atoms with E-state index in [9.17, 15) is 13.6 Å². The largest absolute Gasteiger partial charge is 0.419 e. The number of amides is 1. The lowest BCUT2D eigenvalue weighted by atomic mass is 10.1. The molecule has 8 heteroatoms. The summed E-state index contributed by atoms with van der Waals surface area (Å²) in [5, 5.41) is 8.53. The molecule has 0 unspecified atom stereocenters. The maximum Gasteiger partial charge on any atom is 0.254 e. The molecule has 5 nitrogen and oxygen atoms in total. The summed E-state index contributed by atoms with van der Waals surface area (Å²) in [5.41, 5.74) is 0.737. The number of halogens is 3. The quantitative estimate of drug-likeness (QED) is 0.631. The van der Waals surface area contributed by atoms with Gasteiger partial charge in [0.1, 0.15) is 0 Å².